The second-order valence-electron chi connectivity index (χ2n) is 8.14. The van der Waals surface area contributed by atoms with Crippen molar-refractivity contribution in [2.45, 2.75) is 19.8 Å². The van der Waals surface area contributed by atoms with Crippen molar-refractivity contribution < 1.29 is 33.4 Å². The molecular weight excluding hydrogens is 452 g/mol. The molecule has 3 amide bonds. The first-order chi connectivity index (χ1) is 16.9. The average Bonchev–Trinajstić information content (AvgIpc) is 3.13. The van der Waals surface area contributed by atoms with Crippen molar-refractivity contribution in [3.8, 4) is 0 Å². The molecule has 9 heteroatoms. The molecule has 35 heavy (non-hydrogen) atoms. The summed E-state index contributed by atoms with van der Waals surface area (Å²) < 4.78 is 10.0. The maximum atomic E-state index is 12.8. The van der Waals surface area contributed by atoms with E-state index in [1.54, 1.807) is 19.1 Å². The molecule has 0 saturated carbocycles. The highest BCUT2D eigenvalue weighted by Gasteiger charge is 2.47. The Morgan fingerprint density at radius 2 is 1.51 bits per heavy atom. The SMILES string of the molecule is CCOC(=O)c1ccc(NC(=O)COC(=O)c2cccc(N3C(=O)[C@H]4CC=CC[C@H]4C3=O)c2)cc1. The quantitative estimate of drug-likeness (QED) is 0.370. The lowest BCUT2D eigenvalue weighted by Gasteiger charge is -2.15. The van der Waals surface area contributed by atoms with Crippen LogP contribution >= 0.6 is 0 Å². The van der Waals surface area contributed by atoms with Gasteiger partial charge in [-0.2, -0.15) is 0 Å². The monoisotopic (exact) mass is 476 g/mol. The largest absolute Gasteiger partial charge is 0.462 e. The predicted molar refractivity (Wildman–Crippen MR) is 126 cm³/mol. The Labute approximate surface area is 201 Å². The number of imide groups is 1. The van der Waals surface area contributed by atoms with Crippen LogP contribution in [0.15, 0.2) is 60.7 Å². The van der Waals surface area contributed by atoms with Crippen LogP contribution in [0.4, 0.5) is 11.4 Å². The second-order valence-corrected chi connectivity index (χ2v) is 8.14. The molecule has 4 rings (SSSR count). The van der Waals surface area contributed by atoms with Crippen molar-refractivity contribution in [3.05, 3.63) is 71.8 Å². The predicted octanol–water partition coefficient (Wildman–Crippen LogP) is 3.11. The Hall–Kier alpha value is -4.27. The number of benzene rings is 2. The van der Waals surface area contributed by atoms with Crippen LogP contribution in [0, 0.1) is 11.8 Å². The molecule has 1 N–H and O–H groups in total. The van der Waals surface area contributed by atoms with E-state index in [1.807, 2.05) is 12.2 Å². The fraction of sp³-hybridized carbons (Fsp3) is 0.269. The Morgan fingerprint density at radius 3 is 2.14 bits per heavy atom. The first-order valence-electron chi connectivity index (χ1n) is 11.3. The van der Waals surface area contributed by atoms with E-state index in [4.69, 9.17) is 9.47 Å². The van der Waals surface area contributed by atoms with Gasteiger partial charge in [0.25, 0.3) is 5.91 Å². The molecule has 0 spiro atoms. The number of ether oxygens (including phenoxy) is 2. The first-order valence-corrected chi connectivity index (χ1v) is 11.3. The van der Waals surface area contributed by atoms with Crippen molar-refractivity contribution >= 4 is 41.0 Å². The number of nitrogens with one attached hydrogen (secondary N) is 1. The van der Waals surface area contributed by atoms with E-state index in [0.29, 0.717) is 29.8 Å². The van der Waals surface area contributed by atoms with Crippen LogP contribution < -0.4 is 10.2 Å². The summed E-state index contributed by atoms with van der Waals surface area (Å²) in [6, 6.07) is 12.1. The number of carbonyl (C=O) groups is 5. The zero-order valence-electron chi connectivity index (χ0n) is 19.1. The zero-order chi connectivity index (χ0) is 24.9. The molecule has 0 unspecified atom stereocenters. The number of carbonyl (C=O) groups excluding carboxylic acids is 5. The number of esters is 2. The maximum absolute atomic E-state index is 12.8. The van der Waals surface area contributed by atoms with Gasteiger partial charge in [-0.1, -0.05) is 18.2 Å². The topological polar surface area (TPSA) is 119 Å². The molecule has 180 valence electrons. The summed E-state index contributed by atoms with van der Waals surface area (Å²) in [7, 11) is 0. The maximum Gasteiger partial charge on any atom is 0.338 e. The third-order valence-corrected chi connectivity index (χ3v) is 5.86. The molecule has 1 aliphatic heterocycles. The van der Waals surface area contributed by atoms with Crippen LogP contribution in [0.2, 0.25) is 0 Å². The molecular formula is C26H24N2O7. The number of hydrogen-bond donors (Lipinski definition) is 1. The van der Waals surface area contributed by atoms with Gasteiger partial charge in [-0.25, -0.2) is 9.59 Å². The minimum absolute atomic E-state index is 0.114. The van der Waals surface area contributed by atoms with E-state index < -0.39 is 24.5 Å². The summed E-state index contributed by atoms with van der Waals surface area (Å²) in [5.41, 5.74) is 1.18. The molecule has 0 radical (unpaired) electrons. The van der Waals surface area contributed by atoms with Gasteiger partial charge in [-0.05, 0) is 62.2 Å². The molecule has 9 nitrogen and oxygen atoms in total. The molecule has 2 aromatic carbocycles. The molecule has 2 atom stereocenters. The highest BCUT2D eigenvalue weighted by atomic mass is 16.5. The lowest BCUT2D eigenvalue weighted by atomic mass is 9.85. The van der Waals surface area contributed by atoms with Crippen molar-refractivity contribution in [2.24, 2.45) is 11.8 Å². The summed E-state index contributed by atoms with van der Waals surface area (Å²) in [6.07, 6.45) is 4.86. The van der Waals surface area contributed by atoms with E-state index in [9.17, 15) is 24.0 Å². The van der Waals surface area contributed by atoms with E-state index in [1.165, 1.54) is 36.4 Å². The van der Waals surface area contributed by atoms with Crippen molar-refractivity contribution in [1.82, 2.24) is 0 Å². The Balaban J connectivity index is 1.35. The van der Waals surface area contributed by atoms with Crippen LogP contribution in [0.1, 0.15) is 40.5 Å². The fourth-order valence-corrected chi connectivity index (χ4v) is 4.14. The number of fused-ring (bicyclic) bond motifs is 1. The standard InChI is InChI=1S/C26H24N2O7/c1-2-34-25(32)16-10-12-18(13-11-16)27-22(29)15-35-26(33)17-6-5-7-19(14-17)28-23(30)20-8-3-4-9-21(20)24(28)31/h3-7,10-14,20-21H,2,8-9,15H2,1H3,(H,27,29)/t20-,21+. The van der Waals surface area contributed by atoms with Gasteiger partial charge in [0.1, 0.15) is 0 Å². The second kappa shape index (κ2) is 10.3. The van der Waals surface area contributed by atoms with E-state index >= 15 is 0 Å². The highest BCUT2D eigenvalue weighted by molar-refractivity contribution is 6.22. The smallest absolute Gasteiger partial charge is 0.338 e. The van der Waals surface area contributed by atoms with Crippen LogP contribution in [-0.2, 0) is 23.9 Å². The van der Waals surface area contributed by atoms with Gasteiger partial charge in [0.2, 0.25) is 11.8 Å². The summed E-state index contributed by atoms with van der Waals surface area (Å²) in [5.74, 6) is -3.10. The fourth-order valence-electron chi connectivity index (χ4n) is 4.14. The van der Waals surface area contributed by atoms with Crippen molar-refractivity contribution in [3.63, 3.8) is 0 Å². The van der Waals surface area contributed by atoms with Gasteiger partial charge >= 0.3 is 11.9 Å². The van der Waals surface area contributed by atoms with Gasteiger partial charge in [0.05, 0.1) is 35.3 Å². The van der Waals surface area contributed by atoms with Gasteiger partial charge in [0, 0.05) is 5.69 Å². The van der Waals surface area contributed by atoms with Gasteiger partial charge < -0.3 is 14.8 Å². The third kappa shape index (κ3) is 5.13. The molecule has 0 bridgehead atoms. The minimum Gasteiger partial charge on any atom is -0.462 e. The lowest BCUT2D eigenvalue weighted by molar-refractivity contribution is -0.122. The van der Waals surface area contributed by atoms with Gasteiger partial charge in [-0.3, -0.25) is 19.3 Å². The third-order valence-electron chi connectivity index (χ3n) is 5.86. The number of rotatable bonds is 7. The molecule has 1 aliphatic carbocycles. The van der Waals surface area contributed by atoms with Crippen molar-refractivity contribution in [1.29, 1.82) is 0 Å². The van der Waals surface area contributed by atoms with E-state index in [-0.39, 0.29) is 35.8 Å². The molecule has 2 aromatic rings. The van der Waals surface area contributed by atoms with Crippen LogP contribution in [0.3, 0.4) is 0 Å². The van der Waals surface area contributed by atoms with E-state index in [0.717, 1.165) is 4.90 Å². The first kappa shape index (κ1) is 23.9. The van der Waals surface area contributed by atoms with Gasteiger partial charge in [-0.15, -0.1) is 0 Å². The number of nitrogens with zero attached hydrogens (tertiary/aromatic N) is 1. The number of allylic oxidation sites excluding steroid dienone is 2. The molecule has 1 saturated heterocycles. The highest BCUT2D eigenvalue weighted by Crippen LogP contribution is 2.37. The number of amides is 3. The lowest BCUT2D eigenvalue weighted by Crippen LogP contribution is -2.31. The summed E-state index contributed by atoms with van der Waals surface area (Å²) >= 11 is 0. The average molecular weight is 476 g/mol. The Bertz CT molecular complexity index is 1180. The summed E-state index contributed by atoms with van der Waals surface area (Å²) in [5, 5.41) is 2.57. The Kier molecular flexibility index (Phi) is 7.05. The number of anilines is 2. The minimum atomic E-state index is -0.766. The molecule has 1 fully saturated rings. The van der Waals surface area contributed by atoms with Crippen LogP contribution in [-0.4, -0.2) is 42.9 Å². The number of hydrogen-bond acceptors (Lipinski definition) is 7. The van der Waals surface area contributed by atoms with Crippen LogP contribution in [0.5, 0.6) is 0 Å². The summed E-state index contributed by atoms with van der Waals surface area (Å²) in [4.78, 5) is 63.1. The Morgan fingerprint density at radius 1 is 0.886 bits per heavy atom. The van der Waals surface area contributed by atoms with Crippen molar-refractivity contribution in [2.75, 3.05) is 23.4 Å². The normalized spacial score (nSPS) is 18.7. The molecule has 2 aliphatic rings. The molecule has 0 aromatic heterocycles. The van der Waals surface area contributed by atoms with Gasteiger partial charge in [0.15, 0.2) is 6.61 Å². The zero-order valence-corrected chi connectivity index (χ0v) is 19.1. The summed E-state index contributed by atoms with van der Waals surface area (Å²) in [6.45, 7) is 1.42. The molecule has 1 heterocycles. The van der Waals surface area contributed by atoms with Crippen LogP contribution in [0.25, 0.3) is 0 Å². The van der Waals surface area contributed by atoms with E-state index in [2.05, 4.69) is 5.32 Å².